The van der Waals surface area contributed by atoms with Gasteiger partial charge in [-0.15, -0.1) is 11.6 Å². The van der Waals surface area contributed by atoms with Crippen molar-refractivity contribution in [2.45, 2.75) is 6.42 Å². The van der Waals surface area contributed by atoms with Crippen molar-refractivity contribution in [2.75, 3.05) is 42.3 Å². The van der Waals surface area contributed by atoms with Crippen LogP contribution in [0.1, 0.15) is 16.8 Å². The van der Waals surface area contributed by atoms with E-state index >= 15 is 0 Å². The van der Waals surface area contributed by atoms with E-state index in [0.29, 0.717) is 24.3 Å². The van der Waals surface area contributed by atoms with Crippen LogP contribution in [0.2, 0.25) is 0 Å². The Hall–Kier alpha value is -2.53. The first kappa shape index (κ1) is 18.3. The molecule has 1 heterocycles. The van der Waals surface area contributed by atoms with Crippen LogP contribution in [0.15, 0.2) is 54.6 Å². The molecule has 0 atom stereocenters. The zero-order chi connectivity index (χ0) is 18.4. The summed E-state index contributed by atoms with van der Waals surface area (Å²) in [5.41, 5.74) is 2.23. The molecule has 1 aliphatic rings. The van der Waals surface area contributed by atoms with Gasteiger partial charge in [0.1, 0.15) is 0 Å². The number of benzene rings is 2. The first-order chi connectivity index (χ1) is 12.7. The van der Waals surface area contributed by atoms with Crippen molar-refractivity contribution in [3.05, 3.63) is 60.2 Å². The van der Waals surface area contributed by atoms with E-state index in [1.54, 1.807) is 18.2 Å². The molecule has 6 heteroatoms. The van der Waals surface area contributed by atoms with Crippen molar-refractivity contribution in [1.82, 2.24) is 4.90 Å². The van der Waals surface area contributed by atoms with Crippen molar-refractivity contribution in [2.24, 2.45) is 0 Å². The Morgan fingerprint density at radius 1 is 0.923 bits per heavy atom. The normalized spacial score (nSPS) is 14.2. The van der Waals surface area contributed by atoms with E-state index in [1.165, 1.54) is 5.69 Å². The molecule has 3 rings (SSSR count). The summed E-state index contributed by atoms with van der Waals surface area (Å²) in [6, 6.07) is 17.3. The van der Waals surface area contributed by atoms with Gasteiger partial charge in [-0.3, -0.25) is 9.59 Å². The monoisotopic (exact) mass is 371 g/mol. The highest BCUT2D eigenvalue weighted by Crippen LogP contribution is 2.20. The van der Waals surface area contributed by atoms with Crippen LogP contribution in [-0.2, 0) is 4.79 Å². The predicted octanol–water partition coefficient (Wildman–Crippen LogP) is 3.22. The number of para-hydroxylation sites is 2. The molecule has 1 aliphatic heterocycles. The molecular weight excluding hydrogens is 350 g/mol. The number of nitrogens with zero attached hydrogens (tertiary/aromatic N) is 2. The van der Waals surface area contributed by atoms with Crippen LogP contribution in [0.3, 0.4) is 0 Å². The van der Waals surface area contributed by atoms with Crippen molar-refractivity contribution in [3.8, 4) is 0 Å². The highest BCUT2D eigenvalue weighted by Gasteiger charge is 2.24. The van der Waals surface area contributed by atoms with Gasteiger partial charge in [-0.2, -0.15) is 0 Å². The topological polar surface area (TPSA) is 52.7 Å². The summed E-state index contributed by atoms with van der Waals surface area (Å²) in [5, 5.41) is 2.78. The SMILES string of the molecule is O=C(CCCl)Nc1ccccc1C(=O)N1CCN(c2ccccc2)CC1. The third-order valence-electron chi connectivity index (χ3n) is 4.44. The Bertz CT molecular complexity index is 759. The molecule has 0 aliphatic carbocycles. The van der Waals surface area contributed by atoms with Crippen molar-refractivity contribution in [1.29, 1.82) is 0 Å². The molecule has 0 saturated carbocycles. The second kappa shape index (κ2) is 8.72. The van der Waals surface area contributed by atoms with Crippen molar-refractivity contribution >= 4 is 34.8 Å². The summed E-state index contributed by atoms with van der Waals surface area (Å²) in [5.74, 6) is 0.0114. The molecule has 0 aromatic heterocycles. The van der Waals surface area contributed by atoms with Gasteiger partial charge < -0.3 is 15.1 Å². The Kier molecular flexibility index (Phi) is 6.12. The molecule has 1 N–H and O–H groups in total. The van der Waals surface area contributed by atoms with Gasteiger partial charge in [0.25, 0.3) is 5.91 Å². The predicted molar refractivity (Wildman–Crippen MR) is 105 cm³/mol. The highest BCUT2D eigenvalue weighted by atomic mass is 35.5. The minimum absolute atomic E-state index is 0.0560. The Morgan fingerprint density at radius 3 is 2.27 bits per heavy atom. The van der Waals surface area contributed by atoms with Gasteiger partial charge in [0.2, 0.25) is 5.91 Å². The molecule has 5 nitrogen and oxygen atoms in total. The number of alkyl halides is 1. The number of hydrogen-bond acceptors (Lipinski definition) is 3. The first-order valence-electron chi connectivity index (χ1n) is 8.73. The molecule has 0 unspecified atom stereocenters. The maximum absolute atomic E-state index is 12.9. The number of anilines is 2. The van der Waals surface area contributed by atoms with E-state index in [9.17, 15) is 9.59 Å². The maximum Gasteiger partial charge on any atom is 0.256 e. The largest absolute Gasteiger partial charge is 0.368 e. The Morgan fingerprint density at radius 2 is 1.58 bits per heavy atom. The molecule has 1 fully saturated rings. The lowest BCUT2D eigenvalue weighted by Crippen LogP contribution is -2.48. The highest BCUT2D eigenvalue weighted by molar-refractivity contribution is 6.19. The van der Waals surface area contributed by atoms with Crippen molar-refractivity contribution in [3.63, 3.8) is 0 Å². The van der Waals surface area contributed by atoms with Crippen LogP contribution in [0, 0.1) is 0 Å². The molecular formula is C20H22ClN3O2. The summed E-state index contributed by atoms with van der Waals surface area (Å²) < 4.78 is 0. The molecule has 0 bridgehead atoms. The van der Waals surface area contributed by atoms with Gasteiger partial charge >= 0.3 is 0 Å². The summed E-state index contributed by atoms with van der Waals surface area (Å²) in [6.07, 6.45) is 0.222. The van der Waals surface area contributed by atoms with Crippen LogP contribution in [0.25, 0.3) is 0 Å². The second-order valence-electron chi connectivity index (χ2n) is 6.15. The number of piperazine rings is 1. The van der Waals surface area contributed by atoms with Gasteiger partial charge in [-0.1, -0.05) is 30.3 Å². The van der Waals surface area contributed by atoms with E-state index in [4.69, 9.17) is 11.6 Å². The average molecular weight is 372 g/mol. The summed E-state index contributed by atoms with van der Waals surface area (Å²) in [6.45, 7) is 2.88. The Labute approximate surface area is 158 Å². The van der Waals surface area contributed by atoms with Gasteiger partial charge in [-0.25, -0.2) is 0 Å². The zero-order valence-electron chi connectivity index (χ0n) is 14.5. The molecule has 0 radical (unpaired) electrons. The lowest BCUT2D eigenvalue weighted by atomic mass is 10.1. The molecule has 26 heavy (non-hydrogen) atoms. The molecule has 2 aromatic carbocycles. The third-order valence-corrected chi connectivity index (χ3v) is 4.63. The van der Waals surface area contributed by atoms with E-state index in [-0.39, 0.29) is 24.1 Å². The smallest absolute Gasteiger partial charge is 0.256 e. The number of hydrogen-bond donors (Lipinski definition) is 1. The minimum atomic E-state index is -0.186. The van der Waals surface area contributed by atoms with Crippen LogP contribution < -0.4 is 10.2 Å². The van der Waals surface area contributed by atoms with Crippen LogP contribution in [0.4, 0.5) is 11.4 Å². The van der Waals surface area contributed by atoms with E-state index in [0.717, 1.165) is 13.1 Å². The first-order valence-corrected chi connectivity index (χ1v) is 9.26. The molecule has 136 valence electrons. The third kappa shape index (κ3) is 4.35. The maximum atomic E-state index is 12.9. The van der Waals surface area contributed by atoms with Crippen LogP contribution in [0.5, 0.6) is 0 Å². The molecule has 1 saturated heterocycles. The fourth-order valence-corrected chi connectivity index (χ4v) is 3.23. The number of rotatable bonds is 5. The quantitative estimate of drug-likeness (QED) is 0.821. The number of carbonyl (C=O) groups is 2. The number of halogens is 1. The standard InChI is InChI=1S/C20H22ClN3O2/c21-11-10-19(25)22-18-9-5-4-8-17(18)20(26)24-14-12-23(13-15-24)16-6-2-1-3-7-16/h1-9H,10-15H2,(H,22,25). The average Bonchev–Trinajstić information content (AvgIpc) is 2.69. The fraction of sp³-hybridized carbons (Fsp3) is 0.300. The van der Waals surface area contributed by atoms with Crippen LogP contribution >= 0.6 is 11.6 Å². The van der Waals surface area contributed by atoms with Gasteiger partial charge in [-0.05, 0) is 24.3 Å². The van der Waals surface area contributed by atoms with E-state index < -0.39 is 0 Å². The summed E-state index contributed by atoms with van der Waals surface area (Å²) in [4.78, 5) is 28.9. The number of carbonyl (C=O) groups excluding carboxylic acids is 2. The number of amides is 2. The molecule has 2 amide bonds. The summed E-state index contributed by atoms with van der Waals surface area (Å²) >= 11 is 5.61. The summed E-state index contributed by atoms with van der Waals surface area (Å²) in [7, 11) is 0. The Balaban J connectivity index is 1.66. The minimum Gasteiger partial charge on any atom is -0.368 e. The molecule has 2 aromatic rings. The fourth-order valence-electron chi connectivity index (χ4n) is 3.05. The number of nitrogens with one attached hydrogen (secondary N) is 1. The van der Waals surface area contributed by atoms with Crippen molar-refractivity contribution < 1.29 is 9.59 Å². The van der Waals surface area contributed by atoms with E-state index in [1.807, 2.05) is 29.2 Å². The zero-order valence-corrected chi connectivity index (χ0v) is 15.3. The lowest BCUT2D eigenvalue weighted by molar-refractivity contribution is -0.115. The molecule has 0 spiro atoms. The van der Waals surface area contributed by atoms with Gasteiger partial charge in [0.05, 0.1) is 11.3 Å². The van der Waals surface area contributed by atoms with Gasteiger partial charge in [0.15, 0.2) is 0 Å². The van der Waals surface area contributed by atoms with E-state index in [2.05, 4.69) is 22.3 Å². The van der Waals surface area contributed by atoms with Crippen LogP contribution in [-0.4, -0.2) is 48.8 Å². The lowest BCUT2D eigenvalue weighted by Gasteiger charge is -2.36. The second-order valence-corrected chi connectivity index (χ2v) is 6.53. The van der Waals surface area contributed by atoms with Gasteiger partial charge in [0, 0.05) is 44.2 Å².